The highest BCUT2D eigenvalue weighted by atomic mass is 19.1. The van der Waals surface area contributed by atoms with Crippen LogP contribution in [-0.2, 0) is 14.3 Å². The molecule has 1 aromatic carbocycles. The van der Waals surface area contributed by atoms with Gasteiger partial charge in [0.05, 0.1) is 31.6 Å². The number of halogens is 1. The Labute approximate surface area is 173 Å². The van der Waals surface area contributed by atoms with E-state index in [1.165, 1.54) is 40.3 Å². The van der Waals surface area contributed by atoms with Crippen LogP contribution in [0.4, 0.5) is 4.39 Å². The number of carbonyl (C=O) groups excluding carboxylic acids is 2. The van der Waals surface area contributed by atoms with E-state index in [1.807, 2.05) is 0 Å². The Bertz CT molecular complexity index is 933. The molecular weight excluding hydrogens is 391 g/mol. The van der Waals surface area contributed by atoms with Crippen LogP contribution in [0.25, 0.3) is 5.76 Å². The van der Waals surface area contributed by atoms with Crippen molar-refractivity contribution in [2.24, 2.45) is 0 Å². The molecule has 2 fully saturated rings. The summed E-state index contributed by atoms with van der Waals surface area (Å²) >= 11 is 0. The molecule has 2 aliphatic heterocycles. The van der Waals surface area contributed by atoms with Crippen LogP contribution in [0.15, 0.2) is 52.7 Å². The van der Waals surface area contributed by atoms with Gasteiger partial charge in [0.15, 0.2) is 0 Å². The Morgan fingerprint density at radius 1 is 1.17 bits per heavy atom. The molecule has 1 atom stereocenters. The molecule has 7 nitrogen and oxygen atoms in total. The second kappa shape index (κ2) is 8.81. The van der Waals surface area contributed by atoms with E-state index in [0.29, 0.717) is 18.7 Å². The lowest BCUT2D eigenvalue weighted by Gasteiger charge is -2.26. The van der Waals surface area contributed by atoms with Crippen molar-refractivity contribution in [2.45, 2.75) is 12.5 Å². The van der Waals surface area contributed by atoms with Gasteiger partial charge in [-0.05, 0) is 36.4 Å². The van der Waals surface area contributed by atoms with Crippen LogP contribution < -0.4 is 4.90 Å². The van der Waals surface area contributed by atoms with E-state index in [9.17, 15) is 19.1 Å². The van der Waals surface area contributed by atoms with Crippen LogP contribution in [0.5, 0.6) is 0 Å². The van der Waals surface area contributed by atoms with Crippen molar-refractivity contribution in [3.05, 3.63) is 65.4 Å². The van der Waals surface area contributed by atoms with Gasteiger partial charge >= 0.3 is 0 Å². The number of nitrogens with one attached hydrogen (secondary N) is 1. The first-order chi connectivity index (χ1) is 14.6. The highest BCUT2D eigenvalue weighted by molar-refractivity contribution is 6.46. The number of hydrogen-bond donors (Lipinski definition) is 2. The first-order valence-electron chi connectivity index (χ1n) is 10.1. The first kappa shape index (κ1) is 20.3. The summed E-state index contributed by atoms with van der Waals surface area (Å²) in [6, 6.07) is 7.67. The zero-order valence-electron chi connectivity index (χ0n) is 16.5. The molecule has 0 saturated carbocycles. The smallest absolute Gasteiger partial charge is 0.295 e. The van der Waals surface area contributed by atoms with Crippen molar-refractivity contribution in [3.8, 4) is 0 Å². The fourth-order valence-electron chi connectivity index (χ4n) is 4.03. The molecule has 0 aliphatic carbocycles. The van der Waals surface area contributed by atoms with Gasteiger partial charge in [-0.3, -0.25) is 9.59 Å². The third kappa shape index (κ3) is 4.01. The van der Waals surface area contributed by atoms with Gasteiger partial charge in [0, 0.05) is 18.5 Å². The predicted octanol–water partition coefficient (Wildman–Crippen LogP) is 1.15. The minimum absolute atomic E-state index is 0.0414. The van der Waals surface area contributed by atoms with E-state index in [1.54, 1.807) is 12.1 Å². The molecule has 2 aromatic rings. The summed E-state index contributed by atoms with van der Waals surface area (Å²) in [7, 11) is 0. The van der Waals surface area contributed by atoms with Gasteiger partial charge in [0.2, 0.25) is 0 Å². The number of amides is 1. The van der Waals surface area contributed by atoms with E-state index < -0.39 is 23.5 Å². The average molecular weight is 415 g/mol. The fraction of sp³-hybridized carbons (Fsp3) is 0.364. The number of morpholine rings is 1. The number of likely N-dealkylation sites (tertiary alicyclic amines) is 1. The van der Waals surface area contributed by atoms with E-state index in [4.69, 9.17) is 9.15 Å². The zero-order chi connectivity index (χ0) is 21.1. The summed E-state index contributed by atoms with van der Waals surface area (Å²) in [5, 5.41) is 10.8. The van der Waals surface area contributed by atoms with Crippen LogP contribution in [0, 0.1) is 5.82 Å². The summed E-state index contributed by atoms with van der Waals surface area (Å²) in [5.41, 5.74) is 0.226. The maximum Gasteiger partial charge on any atom is 0.295 e. The Balaban J connectivity index is 1.61. The minimum atomic E-state index is -0.815. The third-order valence-corrected chi connectivity index (χ3v) is 5.60. The number of rotatable bonds is 6. The van der Waals surface area contributed by atoms with Crippen molar-refractivity contribution >= 4 is 17.4 Å². The van der Waals surface area contributed by atoms with Crippen LogP contribution >= 0.6 is 0 Å². The summed E-state index contributed by atoms with van der Waals surface area (Å²) in [6.07, 6.45) is 2.17. The van der Waals surface area contributed by atoms with Crippen molar-refractivity contribution < 1.29 is 33.1 Å². The van der Waals surface area contributed by atoms with Crippen LogP contribution in [0.1, 0.15) is 23.8 Å². The Morgan fingerprint density at radius 3 is 2.57 bits per heavy atom. The lowest BCUT2D eigenvalue weighted by molar-refractivity contribution is -0.908. The molecular formula is C22H24FN2O5+. The zero-order valence-corrected chi connectivity index (χ0v) is 16.5. The molecule has 3 heterocycles. The quantitative estimate of drug-likeness (QED) is 0.420. The summed E-state index contributed by atoms with van der Waals surface area (Å²) in [5.74, 6) is -1.83. The summed E-state index contributed by atoms with van der Waals surface area (Å²) < 4.78 is 24.1. The van der Waals surface area contributed by atoms with Crippen LogP contribution in [-0.4, -0.2) is 61.1 Å². The molecule has 1 unspecified atom stereocenters. The van der Waals surface area contributed by atoms with Gasteiger partial charge in [-0.2, -0.15) is 0 Å². The molecule has 4 rings (SSSR count). The second-order valence-corrected chi connectivity index (χ2v) is 7.48. The van der Waals surface area contributed by atoms with Gasteiger partial charge in [-0.25, -0.2) is 4.39 Å². The lowest BCUT2D eigenvalue weighted by Crippen LogP contribution is -3.14. The number of ether oxygens (including phenoxy) is 1. The monoisotopic (exact) mass is 415 g/mol. The number of ketones is 1. The number of quaternary nitrogens is 1. The molecule has 8 heteroatoms. The summed E-state index contributed by atoms with van der Waals surface area (Å²) in [6.45, 7) is 4.51. The van der Waals surface area contributed by atoms with Crippen molar-refractivity contribution in [2.75, 3.05) is 39.4 Å². The number of hydrogen-bond acceptors (Lipinski definition) is 5. The van der Waals surface area contributed by atoms with Crippen molar-refractivity contribution in [1.82, 2.24) is 4.90 Å². The molecule has 2 saturated heterocycles. The topological polar surface area (TPSA) is 84.4 Å². The third-order valence-electron chi connectivity index (χ3n) is 5.60. The number of nitrogens with zero attached hydrogens (tertiary/aromatic N) is 1. The molecule has 0 bridgehead atoms. The number of aliphatic hydroxyl groups excluding tert-OH is 1. The Morgan fingerprint density at radius 2 is 1.90 bits per heavy atom. The number of Topliss-reactive ketones (excluding diaryl/α,β-unsaturated/α-hetero) is 1. The van der Waals surface area contributed by atoms with Gasteiger partial charge in [0.25, 0.3) is 11.7 Å². The fourth-order valence-corrected chi connectivity index (χ4v) is 4.03. The maximum absolute atomic E-state index is 13.3. The number of benzene rings is 1. The van der Waals surface area contributed by atoms with E-state index >= 15 is 0 Å². The van der Waals surface area contributed by atoms with Gasteiger partial charge < -0.3 is 24.1 Å². The second-order valence-electron chi connectivity index (χ2n) is 7.48. The number of aliphatic hydroxyl groups is 1. The number of carbonyl (C=O) groups is 2. The molecule has 1 amide bonds. The number of furan rings is 1. The van der Waals surface area contributed by atoms with E-state index in [2.05, 4.69) is 0 Å². The van der Waals surface area contributed by atoms with Gasteiger partial charge in [-0.1, -0.05) is 0 Å². The predicted molar refractivity (Wildman–Crippen MR) is 105 cm³/mol. The maximum atomic E-state index is 13.3. The Kier molecular flexibility index (Phi) is 5.96. The van der Waals surface area contributed by atoms with E-state index in [0.717, 1.165) is 32.8 Å². The van der Waals surface area contributed by atoms with Crippen molar-refractivity contribution in [1.29, 1.82) is 0 Å². The SMILES string of the molecule is O=C1C(=O)N(CCC[NH+]2CCOCC2)C(c2ccco2)C1=C(O)c1ccc(F)cc1. The van der Waals surface area contributed by atoms with E-state index in [-0.39, 0.29) is 16.9 Å². The van der Waals surface area contributed by atoms with Crippen LogP contribution in [0.3, 0.4) is 0 Å². The summed E-state index contributed by atoms with van der Waals surface area (Å²) in [4.78, 5) is 28.5. The van der Waals surface area contributed by atoms with Gasteiger partial charge in [0.1, 0.15) is 36.5 Å². The normalized spacial score (nSPS) is 22.0. The van der Waals surface area contributed by atoms with Gasteiger partial charge in [-0.15, -0.1) is 0 Å². The average Bonchev–Trinajstić information content (AvgIpc) is 3.37. The lowest BCUT2D eigenvalue weighted by atomic mass is 9.99. The molecule has 158 valence electrons. The molecule has 2 aliphatic rings. The Hall–Kier alpha value is -2.97. The molecule has 2 N–H and O–H groups in total. The molecule has 1 aromatic heterocycles. The molecule has 0 spiro atoms. The highest BCUT2D eigenvalue weighted by Crippen LogP contribution is 2.39. The van der Waals surface area contributed by atoms with Crippen molar-refractivity contribution in [3.63, 3.8) is 0 Å². The highest BCUT2D eigenvalue weighted by Gasteiger charge is 2.47. The molecule has 30 heavy (non-hydrogen) atoms. The largest absolute Gasteiger partial charge is 0.507 e. The minimum Gasteiger partial charge on any atom is -0.507 e. The molecule has 0 radical (unpaired) electrons. The first-order valence-corrected chi connectivity index (χ1v) is 10.1. The van der Waals surface area contributed by atoms with Crippen LogP contribution in [0.2, 0.25) is 0 Å². The standard InChI is InChI=1S/C22H23FN2O5/c23-16-6-4-15(5-7-16)20(26)18-19(17-3-1-12-30-17)25(22(28)21(18)27)9-2-8-24-10-13-29-14-11-24/h1,3-7,12,19,26H,2,8-11,13-14H2/p+1.